The molecule has 0 saturated carbocycles. The van der Waals surface area contributed by atoms with Crippen LogP contribution in [0.4, 0.5) is 0 Å². The van der Waals surface area contributed by atoms with E-state index in [9.17, 15) is 9.59 Å². The van der Waals surface area contributed by atoms with Gasteiger partial charge >= 0.3 is 0 Å². The van der Waals surface area contributed by atoms with Crippen LogP contribution in [0.3, 0.4) is 0 Å². The first-order chi connectivity index (χ1) is 9.25. The molecule has 1 aromatic carbocycles. The number of carbonyl (C=O) groups is 2. The van der Waals surface area contributed by atoms with Crippen LogP contribution in [0, 0.1) is 0 Å². The van der Waals surface area contributed by atoms with Gasteiger partial charge < -0.3 is 10.2 Å². The number of benzene rings is 1. The molecule has 2 heterocycles. The third-order valence-corrected chi connectivity index (χ3v) is 3.99. The van der Waals surface area contributed by atoms with Crippen LogP contribution in [0.2, 0.25) is 0 Å². The molecule has 2 aliphatic heterocycles. The van der Waals surface area contributed by atoms with Crippen LogP contribution in [0.25, 0.3) is 0 Å². The fraction of sp³-hybridized carbons (Fsp3) is 0.467. The lowest BCUT2D eigenvalue weighted by Gasteiger charge is -2.41. The smallest absolute Gasteiger partial charge is 0.246 e. The van der Waals surface area contributed by atoms with Gasteiger partial charge in [-0.15, -0.1) is 0 Å². The molecule has 4 heteroatoms. The second kappa shape index (κ2) is 5.03. The molecule has 2 fully saturated rings. The Kier molecular flexibility index (Phi) is 3.23. The molecule has 0 bridgehead atoms. The number of fused-ring (bicyclic) bond motifs is 1. The van der Waals surface area contributed by atoms with Gasteiger partial charge in [-0.2, -0.15) is 0 Å². The molecule has 0 unspecified atom stereocenters. The number of piperidine rings is 1. The summed E-state index contributed by atoms with van der Waals surface area (Å²) in [5.74, 6) is 0.0911. The van der Waals surface area contributed by atoms with Crippen molar-refractivity contribution in [3.63, 3.8) is 0 Å². The van der Waals surface area contributed by atoms with Gasteiger partial charge in [0.15, 0.2) is 0 Å². The van der Waals surface area contributed by atoms with Gasteiger partial charge in [-0.1, -0.05) is 30.3 Å². The maximum atomic E-state index is 12.4. The third-order valence-electron chi connectivity index (χ3n) is 3.99. The summed E-state index contributed by atoms with van der Waals surface area (Å²) in [4.78, 5) is 26.3. The van der Waals surface area contributed by atoms with Crippen molar-refractivity contribution < 1.29 is 9.59 Å². The van der Waals surface area contributed by atoms with E-state index in [1.165, 1.54) is 0 Å². The second-order valence-corrected chi connectivity index (χ2v) is 5.29. The van der Waals surface area contributed by atoms with E-state index in [0.29, 0.717) is 6.42 Å². The minimum Gasteiger partial charge on any atom is -0.342 e. The van der Waals surface area contributed by atoms with Gasteiger partial charge in [0.2, 0.25) is 11.8 Å². The number of nitrogens with zero attached hydrogens (tertiary/aromatic N) is 1. The highest BCUT2D eigenvalue weighted by Crippen LogP contribution is 2.22. The number of piperazine rings is 1. The Balaban J connectivity index is 1.76. The molecule has 2 aliphatic rings. The number of amides is 2. The van der Waals surface area contributed by atoms with Gasteiger partial charge in [-0.05, 0) is 24.8 Å². The molecule has 2 atom stereocenters. The van der Waals surface area contributed by atoms with Crippen LogP contribution in [0.5, 0.6) is 0 Å². The van der Waals surface area contributed by atoms with Crippen LogP contribution in [-0.4, -0.2) is 35.3 Å². The van der Waals surface area contributed by atoms with Crippen LogP contribution in [0.1, 0.15) is 24.8 Å². The molecule has 100 valence electrons. The maximum Gasteiger partial charge on any atom is 0.246 e. The molecule has 0 aliphatic carbocycles. The van der Waals surface area contributed by atoms with Crippen LogP contribution < -0.4 is 5.32 Å². The summed E-state index contributed by atoms with van der Waals surface area (Å²) in [5.41, 5.74) is 1.08. The second-order valence-electron chi connectivity index (χ2n) is 5.29. The predicted molar refractivity (Wildman–Crippen MR) is 71.4 cm³/mol. The van der Waals surface area contributed by atoms with Crippen molar-refractivity contribution in [2.24, 2.45) is 0 Å². The summed E-state index contributed by atoms with van der Waals surface area (Å²) in [7, 11) is 0. The Hall–Kier alpha value is -1.84. The van der Waals surface area contributed by atoms with Gasteiger partial charge in [-0.25, -0.2) is 0 Å². The number of nitrogens with one attached hydrogen (secondary N) is 1. The zero-order valence-electron chi connectivity index (χ0n) is 10.8. The quantitative estimate of drug-likeness (QED) is 0.864. The number of hydrogen-bond acceptors (Lipinski definition) is 2. The molecule has 0 radical (unpaired) electrons. The average Bonchev–Trinajstić information content (AvgIpc) is 2.46. The number of carbonyl (C=O) groups excluding carboxylic acids is 2. The summed E-state index contributed by atoms with van der Waals surface area (Å²) in [5, 5.41) is 2.88. The van der Waals surface area contributed by atoms with Crippen molar-refractivity contribution in [1.29, 1.82) is 0 Å². The summed E-state index contributed by atoms with van der Waals surface area (Å²) < 4.78 is 0. The Morgan fingerprint density at radius 2 is 1.95 bits per heavy atom. The van der Waals surface area contributed by atoms with E-state index in [2.05, 4.69) is 5.32 Å². The van der Waals surface area contributed by atoms with Gasteiger partial charge in [0, 0.05) is 13.0 Å². The molecule has 2 saturated heterocycles. The van der Waals surface area contributed by atoms with E-state index >= 15 is 0 Å². The van der Waals surface area contributed by atoms with Crippen molar-refractivity contribution in [3.8, 4) is 0 Å². The fourth-order valence-electron chi connectivity index (χ4n) is 2.99. The Bertz CT molecular complexity index is 486. The molecule has 2 amide bonds. The van der Waals surface area contributed by atoms with E-state index in [1.54, 1.807) is 4.90 Å². The molecule has 0 spiro atoms. The molecule has 4 nitrogen and oxygen atoms in total. The van der Waals surface area contributed by atoms with Gasteiger partial charge in [0.1, 0.15) is 12.1 Å². The lowest BCUT2D eigenvalue weighted by molar-refractivity contribution is -0.151. The van der Waals surface area contributed by atoms with Crippen molar-refractivity contribution >= 4 is 11.8 Å². The molecule has 19 heavy (non-hydrogen) atoms. The van der Waals surface area contributed by atoms with E-state index in [1.807, 2.05) is 30.3 Å². The highest BCUT2D eigenvalue weighted by molar-refractivity contribution is 5.97. The third kappa shape index (κ3) is 2.35. The zero-order valence-corrected chi connectivity index (χ0v) is 10.8. The standard InChI is InChI=1S/C15H18N2O2/c18-14-13-8-4-5-9-17(13)15(19)12(16-14)10-11-6-2-1-3-7-11/h1-3,6-7,12-13H,4-5,8-10H2,(H,16,18)/t12-,13-/m0/s1. The molecular formula is C15H18N2O2. The minimum atomic E-state index is -0.399. The Morgan fingerprint density at radius 3 is 2.74 bits per heavy atom. The van der Waals surface area contributed by atoms with Crippen molar-refractivity contribution in [1.82, 2.24) is 10.2 Å². The van der Waals surface area contributed by atoms with Crippen LogP contribution >= 0.6 is 0 Å². The van der Waals surface area contributed by atoms with Crippen LogP contribution in [0.15, 0.2) is 30.3 Å². The van der Waals surface area contributed by atoms with E-state index < -0.39 is 6.04 Å². The SMILES string of the molecule is O=C1N[C@@H](Cc2ccccc2)C(=O)N2CCCC[C@@H]12. The average molecular weight is 258 g/mol. The van der Waals surface area contributed by atoms with E-state index in [-0.39, 0.29) is 17.9 Å². The first-order valence-corrected chi connectivity index (χ1v) is 6.90. The molecule has 1 N–H and O–H groups in total. The monoisotopic (exact) mass is 258 g/mol. The number of rotatable bonds is 2. The number of hydrogen-bond donors (Lipinski definition) is 1. The predicted octanol–water partition coefficient (Wildman–Crippen LogP) is 1.11. The minimum absolute atomic E-state index is 0.0141. The van der Waals surface area contributed by atoms with E-state index in [0.717, 1.165) is 31.4 Å². The first-order valence-electron chi connectivity index (χ1n) is 6.90. The van der Waals surface area contributed by atoms with Gasteiger partial charge in [0.25, 0.3) is 0 Å². The zero-order chi connectivity index (χ0) is 13.2. The lowest BCUT2D eigenvalue weighted by atomic mass is 9.94. The molecular weight excluding hydrogens is 240 g/mol. The normalized spacial score (nSPS) is 26.8. The topological polar surface area (TPSA) is 49.4 Å². The summed E-state index contributed by atoms with van der Waals surface area (Å²) in [6.45, 7) is 0.724. The molecule has 3 rings (SSSR count). The van der Waals surface area contributed by atoms with Crippen molar-refractivity contribution in [2.45, 2.75) is 37.8 Å². The first kappa shape index (κ1) is 12.2. The largest absolute Gasteiger partial charge is 0.342 e. The summed E-state index contributed by atoms with van der Waals surface area (Å²) in [6.07, 6.45) is 3.42. The maximum absolute atomic E-state index is 12.4. The van der Waals surface area contributed by atoms with Crippen LogP contribution in [-0.2, 0) is 16.0 Å². The van der Waals surface area contributed by atoms with Gasteiger partial charge in [0.05, 0.1) is 0 Å². The molecule has 1 aromatic rings. The summed E-state index contributed by atoms with van der Waals surface area (Å²) in [6, 6.07) is 9.20. The highest BCUT2D eigenvalue weighted by atomic mass is 16.2. The Labute approximate surface area is 112 Å². The molecule has 0 aromatic heterocycles. The van der Waals surface area contributed by atoms with Gasteiger partial charge in [-0.3, -0.25) is 9.59 Å². The Morgan fingerprint density at radius 1 is 1.16 bits per heavy atom. The fourth-order valence-corrected chi connectivity index (χ4v) is 2.99. The van der Waals surface area contributed by atoms with E-state index in [4.69, 9.17) is 0 Å². The van der Waals surface area contributed by atoms with Crippen molar-refractivity contribution in [3.05, 3.63) is 35.9 Å². The highest BCUT2D eigenvalue weighted by Gasteiger charge is 2.41. The summed E-state index contributed by atoms with van der Waals surface area (Å²) >= 11 is 0. The lowest BCUT2D eigenvalue weighted by Crippen LogP contribution is -2.64. The van der Waals surface area contributed by atoms with Crippen molar-refractivity contribution in [2.75, 3.05) is 6.54 Å².